The maximum atomic E-state index is 12.1. The van der Waals surface area contributed by atoms with Crippen LogP contribution in [-0.4, -0.2) is 23.1 Å². The Labute approximate surface area is 180 Å². The normalized spacial score (nSPS) is 10.1. The molecule has 0 fully saturated rings. The Morgan fingerprint density at radius 2 is 1.97 bits per heavy atom. The number of hydrogen-bond acceptors (Lipinski definition) is 6. The maximum absolute atomic E-state index is 12.1. The van der Waals surface area contributed by atoms with Crippen LogP contribution in [-0.2, 0) is 6.61 Å². The van der Waals surface area contributed by atoms with Crippen LogP contribution in [0, 0.1) is 30.7 Å². The van der Waals surface area contributed by atoms with E-state index in [1.807, 2.05) is 50.2 Å². The molecule has 0 bridgehead atoms. The van der Waals surface area contributed by atoms with Gasteiger partial charge >= 0.3 is 6.03 Å². The second-order valence-electron chi connectivity index (χ2n) is 6.94. The fourth-order valence-electron chi connectivity index (χ4n) is 3.03. The number of amides is 2. The third-order valence-corrected chi connectivity index (χ3v) is 4.80. The number of urea groups is 1. The Kier molecular flexibility index (Phi) is 6.58. The number of pyridine rings is 1. The van der Waals surface area contributed by atoms with Crippen molar-refractivity contribution < 1.29 is 9.53 Å². The molecule has 8 nitrogen and oxygen atoms in total. The molecule has 0 atom stereocenters. The number of nitriles is 1. The largest absolute Gasteiger partial charge is 0.489 e. The maximum Gasteiger partial charge on any atom is 0.343 e. The first-order chi connectivity index (χ1) is 14.9. The number of hydrogen-bond donors (Lipinski definition) is 2. The molecule has 0 aliphatic heterocycles. The summed E-state index contributed by atoms with van der Waals surface area (Å²) in [5.74, 6) is 0.707. The second kappa shape index (κ2) is 9.50. The Bertz CT molecular complexity index is 1170. The molecule has 3 aromatic rings. The topological polar surface area (TPSA) is 114 Å². The summed E-state index contributed by atoms with van der Waals surface area (Å²) in [6.07, 6.45) is 0. The van der Waals surface area contributed by atoms with Gasteiger partial charge in [-0.3, -0.25) is 0 Å². The van der Waals surface area contributed by atoms with Crippen molar-refractivity contribution in [2.24, 2.45) is 5.22 Å². The molecule has 1 aromatic heterocycles. The molecular formula is C23H22N6O2. The second-order valence-corrected chi connectivity index (χ2v) is 6.94. The SMILES string of the molecule is Cc1cc(-c2cccc(C#N)n2)ccc1OCc1c(C)cccc1NC(=O)N(C)N=N. The standard InChI is InChI=1S/C23H22N6O2/c1-15-6-4-9-21(27-23(30)29(3)28-25)19(15)14-31-22-11-10-17(12-16(22)2)20-8-5-7-18(13-24)26-20/h4-12,25H,14H2,1-3H3,(H,27,30). The van der Waals surface area contributed by atoms with Gasteiger partial charge in [-0.1, -0.05) is 23.4 Å². The number of anilines is 1. The molecule has 156 valence electrons. The lowest BCUT2D eigenvalue weighted by Crippen LogP contribution is -2.27. The van der Waals surface area contributed by atoms with E-state index in [0.29, 0.717) is 17.1 Å². The van der Waals surface area contributed by atoms with Crippen molar-refractivity contribution in [1.82, 2.24) is 9.99 Å². The van der Waals surface area contributed by atoms with Crippen molar-refractivity contribution in [2.45, 2.75) is 20.5 Å². The monoisotopic (exact) mass is 414 g/mol. The quantitative estimate of drug-likeness (QED) is 0.425. The summed E-state index contributed by atoms with van der Waals surface area (Å²) in [7, 11) is 1.40. The van der Waals surface area contributed by atoms with Gasteiger partial charge in [-0.25, -0.2) is 9.78 Å². The summed E-state index contributed by atoms with van der Waals surface area (Å²) < 4.78 is 6.05. The van der Waals surface area contributed by atoms with Crippen LogP contribution in [0.4, 0.5) is 10.5 Å². The Morgan fingerprint density at radius 1 is 1.19 bits per heavy atom. The van der Waals surface area contributed by atoms with Crippen molar-refractivity contribution >= 4 is 11.7 Å². The molecule has 0 aliphatic rings. The summed E-state index contributed by atoms with van der Waals surface area (Å²) in [4.78, 5) is 16.4. The van der Waals surface area contributed by atoms with Crippen LogP contribution in [0.3, 0.4) is 0 Å². The first kappa shape index (κ1) is 21.5. The van der Waals surface area contributed by atoms with Gasteiger partial charge in [0.25, 0.3) is 0 Å². The minimum atomic E-state index is -0.505. The molecule has 0 aliphatic carbocycles. The van der Waals surface area contributed by atoms with Gasteiger partial charge in [-0.15, -0.1) is 0 Å². The van der Waals surface area contributed by atoms with Crippen molar-refractivity contribution in [3.05, 3.63) is 77.0 Å². The van der Waals surface area contributed by atoms with Gasteiger partial charge in [0.05, 0.1) is 5.69 Å². The smallest absolute Gasteiger partial charge is 0.343 e. The highest BCUT2D eigenvalue weighted by Gasteiger charge is 2.13. The zero-order valence-electron chi connectivity index (χ0n) is 17.5. The Balaban J connectivity index is 1.79. The molecule has 8 heteroatoms. The molecule has 3 rings (SSSR count). The Hall–Kier alpha value is -4.25. The minimum Gasteiger partial charge on any atom is -0.489 e. The van der Waals surface area contributed by atoms with E-state index >= 15 is 0 Å². The lowest BCUT2D eigenvalue weighted by atomic mass is 10.1. The first-order valence-corrected chi connectivity index (χ1v) is 9.54. The van der Waals surface area contributed by atoms with E-state index in [9.17, 15) is 4.79 Å². The fourth-order valence-corrected chi connectivity index (χ4v) is 3.03. The number of carbonyl (C=O) groups excluding carboxylic acids is 1. The number of nitrogens with one attached hydrogen (secondary N) is 2. The first-order valence-electron chi connectivity index (χ1n) is 9.54. The van der Waals surface area contributed by atoms with E-state index in [2.05, 4.69) is 21.6 Å². The zero-order valence-corrected chi connectivity index (χ0v) is 17.5. The van der Waals surface area contributed by atoms with Crippen molar-refractivity contribution in [3.63, 3.8) is 0 Å². The molecule has 0 saturated carbocycles. The van der Waals surface area contributed by atoms with Gasteiger partial charge in [0.15, 0.2) is 0 Å². The fraction of sp³-hybridized carbons (Fsp3) is 0.174. The highest BCUT2D eigenvalue weighted by atomic mass is 16.5. The summed E-state index contributed by atoms with van der Waals surface area (Å²) in [6, 6.07) is 18.2. The third kappa shape index (κ3) is 5.03. The highest BCUT2D eigenvalue weighted by Crippen LogP contribution is 2.28. The molecular weight excluding hydrogens is 392 g/mol. The van der Waals surface area contributed by atoms with E-state index in [1.165, 1.54) is 7.05 Å². The average molecular weight is 414 g/mol. The van der Waals surface area contributed by atoms with Crippen LogP contribution in [0.15, 0.2) is 59.8 Å². The molecule has 0 unspecified atom stereocenters. The third-order valence-electron chi connectivity index (χ3n) is 4.80. The minimum absolute atomic E-state index is 0.256. The van der Waals surface area contributed by atoms with Crippen LogP contribution in [0.1, 0.15) is 22.4 Å². The predicted octanol–water partition coefficient (Wildman–Crippen LogP) is 5.23. The van der Waals surface area contributed by atoms with Gasteiger partial charge in [-0.2, -0.15) is 15.8 Å². The van der Waals surface area contributed by atoms with Gasteiger partial charge in [0.1, 0.15) is 24.1 Å². The lowest BCUT2D eigenvalue weighted by molar-refractivity contribution is 0.220. The number of benzene rings is 2. The summed E-state index contributed by atoms with van der Waals surface area (Å²) in [5, 5.41) is 15.8. The lowest BCUT2D eigenvalue weighted by Gasteiger charge is -2.17. The summed E-state index contributed by atoms with van der Waals surface area (Å²) in [6.45, 7) is 4.14. The zero-order chi connectivity index (χ0) is 22.4. The van der Waals surface area contributed by atoms with E-state index < -0.39 is 6.03 Å². The van der Waals surface area contributed by atoms with Crippen LogP contribution >= 0.6 is 0 Å². The number of aromatic nitrogens is 1. The average Bonchev–Trinajstić information content (AvgIpc) is 2.78. The van der Waals surface area contributed by atoms with E-state index in [-0.39, 0.29) is 6.61 Å². The van der Waals surface area contributed by atoms with E-state index in [0.717, 1.165) is 33.0 Å². The van der Waals surface area contributed by atoms with Crippen LogP contribution in [0.2, 0.25) is 0 Å². The van der Waals surface area contributed by atoms with Crippen LogP contribution < -0.4 is 10.1 Å². The molecule has 0 spiro atoms. The van der Waals surface area contributed by atoms with Gasteiger partial charge in [0, 0.05) is 23.9 Å². The van der Waals surface area contributed by atoms with Gasteiger partial charge < -0.3 is 10.1 Å². The van der Waals surface area contributed by atoms with Crippen LogP contribution in [0.5, 0.6) is 5.75 Å². The molecule has 2 amide bonds. The van der Waals surface area contributed by atoms with Crippen LogP contribution in [0.25, 0.3) is 11.3 Å². The predicted molar refractivity (Wildman–Crippen MR) is 117 cm³/mol. The highest BCUT2D eigenvalue weighted by molar-refractivity contribution is 5.89. The van der Waals surface area contributed by atoms with Gasteiger partial charge in [0.2, 0.25) is 0 Å². The number of carbonyl (C=O) groups is 1. The molecule has 2 aromatic carbocycles. The molecule has 0 radical (unpaired) electrons. The number of nitrogens with zero attached hydrogens (tertiary/aromatic N) is 4. The Morgan fingerprint density at radius 3 is 2.68 bits per heavy atom. The summed E-state index contributed by atoms with van der Waals surface area (Å²) in [5.41, 5.74) is 12.3. The van der Waals surface area contributed by atoms with E-state index in [4.69, 9.17) is 15.5 Å². The van der Waals surface area contributed by atoms with Crippen molar-refractivity contribution in [2.75, 3.05) is 12.4 Å². The number of rotatable bonds is 6. The molecule has 0 saturated heterocycles. The molecule has 2 N–H and O–H groups in total. The number of aryl methyl sites for hydroxylation is 2. The summed E-state index contributed by atoms with van der Waals surface area (Å²) >= 11 is 0. The van der Waals surface area contributed by atoms with Crippen molar-refractivity contribution in [1.29, 1.82) is 10.8 Å². The number of ether oxygens (including phenoxy) is 1. The molecule has 1 heterocycles. The van der Waals surface area contributed by atoms with Gasteiger partial charge in [-0.05, 0) is 61.4 Å². The molecule has 31 heavy (non-hydrogen) atoms. The van der Waals surface area contributed by atoms with Crippen molar-refractivity contribution in [3.8, 4) is 23.1 Å². The van der Waals surface area contributed by atoms with E-state index in [1.54, 1.807) is 18.2 Å².